The second kappa shape index (κ2) is 5.40. The van der Waals surface area contributed by atoms with Crippen LogP contribution >= 0.6 is 0 Å². The minimum atomic E-state index is -3.17. The van der Waals surface area contributed by atoms with E-state index in [1.807, 2.05) is 27.7 Å². The van der Waals surface area contributed by atoms with E-state index in [0.717, 1.165) is 0 Å². The topological polar surface area (TPSA) is 87.2 Å². The number of amidine groups is 1. The SMILES string of the molecule is CC(C)(C)CCS(=O)(=O)N1CCC(C)(C(=N)N)CC1. The summed E-state index contributed by atoms with van der Waals surface area (Å²) in [6, 6.07) is 0. The summed E-state index contributed by atoms with van der Waals surface area (Å²) in [6.45, 7) is 9.03. The lowest BCUT2D eigenvalue weighted by atomic mass is 9.80. The Bertz CT molecular complexity index is 429. The van der Waals surface area contributed by atoms with E-state index in [4.69, 9.17) is 11.1 Å². The van der Waals surface area contributed by atoms with Crippen LogP contribution in [0.2, 0.25) is 0 Å². The predicted molar refractivity (Wildman–Crippen MR) is 78.7 cm³/mol. The largest absolute Gasteiger partial charge is 0.387 e. The van der Waals surface area contributed by atoms with Gasteiger partial charge in [-0.05, 0) is 24.7 Å². The molecule has 3 N–H and O–H groups in total. The van der Waals surface area contributed by atoms with Gasteiger partial charge in [0, 0.05) is 18.5 Å². The average molecular weight is 289 g/mol. The Balaban J connectivity index is 2.62. The molecule has 0 aromatic carbocycles. The molecule has 0 unspecified atom stereocenters. The average Bonchev–Trinajstić information content (AvgIpc) is 2.26. The summed E-state index contributed by atoms with van der Waals surface area (Å²) in [5.41, 5.74) is 5.27. The van der Waals surface area contributed by atoms with Gasteiger partial charge in [0.15, 0.2) is 0 Å². The summed E-state index contributed by atoms with van der Waals surface area (Å²) in [5.74, 6) is 0.368. The number of nitrogens with two attached hydrogens (primary N) is 1. The summed E-state index contributed by atoms with van der Waals surface area (Å²) in [4.78, 5) is 0. The first kappa shape index (κ1) is 16.4. The summed E-state index contributed by atoms with van der Waals surface area (Å²) >= 11 is 0. The maximum atomic E-state index is 12.3. The second-order valence-corrected chi connectivity index (χ2v) is 9.09. The highest BCUT2D eigenvalue weighted by Crippen LogP contribution is 2.32. The van der Waals surface area contributed by atoms with Crippen molar-refractivity contribution in [2.24, 2.45) is 16.6 Å². The van der Waals surface area contributed by atoms with Crippen LogP contribution in [-0.2, 0) is 10.0 Å². The third-order valence-corrected chi connectivity index (χ3v) is 5.85. The van der Waals surface area contributed by atoms with Crippen LogP contribution in [0, 0.1) is 16.2 Å². The van der Waals surface area contributed by atoms with E-state index in [1.54, 1.807) is 4.31 Å². The fourth-order valence-corrected chi connectivity index (χ4v) is 3.96. The lowest BCUT2D eigenvalue weighted by Crippen LogP contribution is -2.47. The molecular formula is C13H27N3O2S. The maximum absolute atomic E-state index is 12.3. The van der Waals surface area contributed by atoms with Crippen LogP contribution in [0.25, 0.3) is 0 Å². The number of hydrogen-bond donors (Lipinski definition) is 2. The zero-order valence-corrected chi connectivity index (χ0v) is 13.3. The van der Waals surface area contributed by atoms with E-state index in [-0.39, 0.29) is 22.4 Å². The van der Waals surface area contributed by atoms with E-state index in [9.17, 15) is 8.42 Å². The van der Waals surface area contributed by atoms with Crippen molar-refractivity contribution in [3.8, 4) is 0 Å². The number of rotatable bonds is 4. The Morgan fingerprint density at radius 2 is 1.79 bits per heavy atom. The van der Waals surface area contributed by atoms with E-state index in [1.165, 1.54) is 0 Å². The number of nitrogens with zero attached hydrogens (tertiary/aromatic N) is 1. The maximum Gasteiger partial charge on any atom is 0.214 e. The molecule has 0 spiro atoms. The molecule has 1 fully saturated rings. The first-order chi connectivity index (χ1) is 8.46. The quantitative estimate of drug-likeness (QED) is 0.611. The first-order valence-corrected chi connectivity index (χ1v) is 8.40. The number of hydrogen-bond acceptors (Lipinski definition) is 3. The van der Waals surface area contributed by atoms with Crippen LogP contribution in [0.4, 0.5) is 0 Å². The molecule has 5 nitrogen and oxygen atoms in total. The number of sulfonamides is 1. The number of nitrogens with one attached hydrogen (secondary N) is 1. The molecule has 0 amide bonds. The Morgan fingerprint density at radius 1 is 1.32 bits per heavy atom. The highest BCUT2D eigenvalue weighted by molar-refractivity contribution is 7.89. The van der Waals surface area contributed by atoms with Crippen LogP contribution in [-0.4, -0.2) is 37.4 Å². The van der Waals surface area contributed by atoms with Gasteiger partial charge in [0.05, 0.1) is 11.6 Å². The van der Waals surface area contributed by atoms with Gasteiger partial charge in [0.1, 0.15) is 0 Å². The molecule has 112 valence electrons. The standard InChI is InChI=1S/C13H27N3O2S/c1-12(2,3)7-10-19(17,18)16-8-5-13(4,6-9-16)11(14)15/h5-10H2,1-4H3,(H3,14,15). The Kier molecular flexibility index (Phi) is 4.67. The molecule has 1 rings (SSSR count). The molecule has 0 bridgehead atoms. The van der Waals surface area contributed by atoms with Gasteiger partial charge in [-0.2, -0.15) is 0 Å². The van der Waals surface area contributed by atoms with Crippen LogP contribution < -0.4 is 5.73 Å². The summed E-state index contributed by atoms with van der Waals surface area (Å²) < 4.78 is 26.1. The van der Waals surface area contributed by atoms with Crippen molar-refractivity contribution in [1.82, 2.24) is 4.31 Å². The van der Waals surface area contributed by atoms with Gasteiger partial charge < -0.3 is 5.73 Å². The molecule has 0 radical (unpaired) electrons. The molecule has 1 saturated heterocycles. The van der Waals surface area contributed by atoms with Crippen molar-refractivity contribution in [2.75, 3.05) is 18.8 Å². The molecule has 0 saturated carbocycles. The van der Waals surface area contributed by atoms with Crippen LogP contribution in [0.5, 0.6) is 0 Å². The van der Waals surface area contributed by atoms with E-state index < -0.39 is 10.0 Å². The third kappa shape index (κ3) is 4.45. The monoisotopic (exact) mass is 289 g/mol. The van der Waals surface area contributed by atoms with Crippen molar-refractivity contribution in [1.29, 1.82) is 5.41 Å². The van der Waals surface area contributed by atoms with Gasteiger partial charge in [-0.25, -0.2) is 12.7 Å². The minimum absolute atomic E-state index is 0.0246. The highest BCUT2D eigenvalue weighted by Gasteiger charge is 2.36. The smallest absolute Gasteiger partial charge is 0.214 e. The first-order valence-electron chi connectivity index (χ1n) is 6.79. The van der Waals surface area contributed by atoms with E-state index in [0.29, 0.717) is 32.4 Å². The van der Waals surface area contributed by atoms with Gasteiger partial charge in [-0.1, -0.05) is 27.7 Å². The van der Waals surface area contributed by atoms with Gasteiger partial charge in [0.2, 0.25) is 10.0 Å². The lowest BCUT2D eigenvalue weighted by Gasteiger charge is -2.38. The zero-order valence-electron chi connectivity index (χ0n) is 12.5. The van der Waals surface area contributed by atoms with Crippen LogP contribution in [0.15, 0.2) is 0 Å². The van der Waals surface area contributed by atoms with Crippen LogP contribution in [0.3, 0.4) is 0 Å². The van der Waals surface area contributed by atoms with Gasteiger partial charge in [0.25, 0.3) is 0 Å². The van der Waals surface area contributed by atoms with Crippen molar-refractivity contribution >= 4 is 15.9 Å². The van der Waals surface area contributed by atoms with Gasteiger partial charge in [-0.3, -0.25) is 5.41 Å². The van der Waals surface area contributed by atoms with Gasteiger partial charge >= 0.3 is 0 Å². The molecular weight excluding hydrogens is 262 g/mol. The van der Waals surface area contributed by atoms with Gasteiger partial charge in [-0.15, -0.1) is 0 Å². The molecule has 19 heavy (non-hydrogen) atoms. The summed E-state index contributed by atoms with van der Waals surface area (Å²) in [6.07, 6.45) is 1.93. The zero-order chi connectivity index (χ0) is 14.9. The highest BCUT2D eigenvalue weighted by atomic mass is 32.2. The number of piperidine rings is 1. The molecule has 1 aliphatic rings. The molecule has 0 aromatic rings. The van der Waals surface area contributed by atoms with Crippen molar-refractivity contribution in [2.45, 2.75) is 47.0 Å². The lowest BCUT2D eigenvalue weighted by molar-refractivity contribution is 0.239. The van der Waals surface area contributed by atoms with Crippen molar-refractivity contribution in [3.05, 3.63) is 0 Å². The molecule has 0 atom stereocenters. The Morgan fingerprint density at radius 3 is 2.16 bits per heavy atom. The van der Waals surface area contributed by atoms with Crippen molar-refractivity contribution < 1.29 is 8.42 Å². The summed E-state index contributed by atoms with van der Waals surface area (Å²) in [5, 5.41) is 7.58. The molecule has 0 aliphatic carbocycles. The van der Waals surface area contributed by atoms with Crippen molar-refractivity contribution in [3.63, 3.8) is 0 Å². The second-order valence-electron chi connectivity index (χ2n) is 7.00. The molecule has 0 aromatic heterocycles. The fourth-order valence-electron chi connectivity index (χ4n) is 2.09. The van der Waals surface area contributed by atoms with Crippen LogP contribution in [0.1, 0.15) is 47.0 Å². The van der Waals surface area contributed by atoms with E-state index in [2.05, 4.69) is 0 Å². The Labute approximate surface area is 117 Å². The van der Waals surface area contributed by atoms with E-state index >= 15 is 0 Å². The third-order valence-electron chi connectivity index (χ3n) is 3.98. The molecule has 6 heteroatoms. The fraction of sp³-hybridized carbons (Fsp3) is 0.923. The summed E-state index contributed by atoms with van der Waals surface area (Å²) in [7, 11) is -3.17. The minimum Gasteiger partial charge on any atom is -0.387 e. The Hall–Kier alpha value is -0.620. The predicted octanol–water partition coefficient (Wildman–Crippen LogP) is 1.79. The normalized spacial score (nSPS) is 21.3. The molecule has 1 heterocycles. The molecule has 1 aliphatic heterocycles.